The molecular weight excluding hydrogens is 472 g/mol. The largest absolute Gasteiger partial charge is 0.338 e. The second-order valence-corrected chi connectivity index (χ2v) is 9.33. The molecule has 1 fully saturated rings. The van der Waals surface area contributed by atoms with Crippen LogP contribution < -0.4 is 16.6 Å². The number of halogens is 1. The lowest BCUT2D eigenvalue weighted by molar-refractivity contribution is -0.121. The first kappa shape index (κ1) is 24.6. The van der Waals surface area contributed by atoms with E-state index in [1.54, 1.807) is 30.0 Å². The molecule has 35 heavy (non-hydrogen) atoms. The summed E-state index contributed by atoms with van der Waals surface area (Å²) < 4.78 is 1.35. The number of aromatic nitrogens is 4. The molecule has 4 rings (SSSR count). The summed E-state index contributed by atoms with van der Waals surface area (Å²) in [7, 11) is 0. The average molecular weight is 499 g/mol. The van der Waals surface area contributed by atoms with Gasteiger partial charge in [0.1, 0.15) is 5.82 Å². The van der Waals surface area contributed by atoms with E-state index in [4.69, 9.17) is 11.6 Å². The molecule has 3 aromatic heterocycles. The van der Waals surface area contributed by atoms with Crippen LogP contribution in [0.5, 0.6) is 0 Å². The molecular formula is C24H27ClN6O4. The van der Waals surface area contributed by atoms with Crippen molar-refractivity contribution in [2.75, 3.05) is 18.4 Å². The molecule has 1 atom stereocenters. The predicted molar refractivity (Wildman–Crippen MR) is 133 cm³/mol. The van der Waals surface area contributed by atoms with Crippen molar-refractivity contribution in [2.45, 2.75) is 46.1 Å². The monoisotopic (exact) mass is 498 g/mol. The zero-order chi connectivity index (χ0) is 25.3. The lowest BCUT2D eigenvalue weighted by Crippen LogP contribution is -2.44. The minimum atomic E-state index is -0.652. The maximum atomic E-state index is 13.7. The van der Waals surface area contributed by atoms with Gasteiger partial charge in [-0.25, -0.2) is 14.8 Å². The van der Waals surface area contributed by atoms with Crippen molar-refractivity contribution in [1.82, 2.24) is 24.4 Å². The number of pyridine rings is 2. The third kappa shape index (κ3) is 4.97. The topological polar surface area (TPSA) is 130 Å². The van der Waals surface area contributed by atoms with Gasteiger partial charge in [-0.2, -0.15) is 0 Å². The number of hydrogen-bond donors (Lipinski definition) is 2. The minimum Gasteiger partial charge on any atom is -0.338 e. The van der Waals surface area contributed by atoms with E-state index in [1.807, 2.05) is 13.8 Å². The summed E-state index contributed by atoms with van der Waals surface area (Å²) in [6, 6.07) is 4.87. The van der Waals surface area contributed by atoms with Gasteiger partial charge in [-0.3, -0.25) is 23.9 Å². The molecule has 0 spiro atoms. The number of aryl methyl sites for hydroxylation is 1. The van der Waals surface area contributed by atoms with Gasteiger partial charge in [-0.05, 0) is 43.9 Å². The normalized spacial score (nSPS) is 16.0. The second-order valence-electron chi connectivity index (χ2n) is 8.89. The van der Waals surface area contributed by atoms with Crippen LogP contribution in [0.2, 0.25) is 5.02 Å². The Labute approximate surface area is 206 Å². The van der Waals surface area contributed by atoms with Crippen molar-refractivity contribution in [3.05, 3.63) is 61.5 Å². The van der Waals surface area contributed by atoms with E-state index in [0.29, 0.717) is 42.5 Å². The molecule has 184 valence electrons. The van der Waals surface area contributed by atoms with Crippen LogP contribution in [-0.4, -0.2) is 49.3 Å². The number of carbonyl (C=O) groups excluding carboxylic acids is 2. The van der Waals surface area contributed by atoms with Crippen molar-refractivity contribution in [3.8, 4) is 0 Å². The van der Waals surface area contributed by atoms with Crippen molar-refractivity contribution < 1.29 is 9.59 Å². The van der Waals surface area contributed by atoms with Gasteiger partial charge in [0.15, 0.2) is 5.65 Å². The maximum absolute atomic E-state index is 13.7. The summed E-state index contributed by atoms with van der Waals surface area (Å²) in [5.74, 6) is -0.688. The summed E-state index contributed by atoms with van der Waals surface area (Å²) in [4.78, 5) is 64.2. The van der Waals surface area contributed by atoms with Crippen molar-refractivity contribution in [3.63, 3.8) is 0 Å². The molecule has 0 aromatic carbocycles. The zero-order valence-electron chi connectivity index (χ0n) is 19.8. The van der Waals surface area contributed by atoms with Gasteiger partial charge in [-0.1, -0.05) is 25.4 Å². The number of anilines is 1. The number of fused-ring (bicyclic) bond motifs is 1. The molecule has 0 saturated carbocycles. The van der Waals surface area contributed by atoms with Crippen molar-refractivity contribution in [2.24, 2.45) is 5.92 Å². The fourth-order valence-corrected chi connectivity index (χ4v) is 4.39. The molecule has 1 aliphatic heterocycles. The molecule has 1 aliphatic rings. The molecule has 0 radical (unpaired) electrons. The molecule has 10 nitrogen and oxygen atoms in total. The lowest BCUT2D eigenvalue weighted by Gasteiger charge is -2.32. The highest BCUT2D eigenvalue weighted by molar-refractivity contribution is 6.30. The maximum Gasteiger partial charge on any atom is 0.329 e. The molecule has 2 amide bonds. The molecule has 2 N–H and O–H groups in total. The number of nitrogens with zero attached hydrogens (tertiary/aromatic N) is 4. The number of rotatable bonds is 5. The van der Waals surface area contributed by atoms with Crippen LogP contribution in [0.1, 0.15) is 55.6 Å². The first-order valence-corrected chi connectivity index (χ1v) is 12.0. The Bertz CT molecular complexity index is 1400. The van der Waals surface area contributed by atoms with E-state index in [1.165, 1.54) is 10.8 Å². The van der Waals surface area contributed by atoms with Gasteiger partial charge >= 0.3 is 5.69 Å². The number of aromatic amines is 1. The Balaban J connectivity index is 1.67. The quantitative estimate of drug-likeness (QED) is 0.556. The molecule has 3 aromatic rings. The Morgan fingerprint density at radius 3 is 2.71 bits per heavy atom. The lowest BCUT2D eigenvalue weighted by atomic mass is 9.95. The average Bonchev–Trinajstić information content (AvgIpc) is 2.84. The summed E-state index contributed by atoms with van der Waals surface area (Å²) in [6.45, 7) is 6.57. The van der Waals surface area contributed by atoms with Crippen LogP contribution in [0.4, 0.5) is 5.82 Å². The van der Waals surface area contributed by atoms with E-state index in [2.05, 4.69) is 20.3 Å². The van der Waals surface area contributed by atoms with E-state index >= 15 is 0 Å². The first-order valence-electron chi connectivity index (χ1n) is 11.6. The number of carbonyl (C=O) groups is 2. The summed E-state index contributed by atoms with van der Waals surface area (Å²) >= 11 is 5.85. The number of nitrogens with one attached hydrogen (secondary N) is 2. The highest BCUT2D eigenvalue weighted by Gasteiger charge is 2.31. The Morgan fingerprint density at radius 2 is 2.06 bits per heavy atom. The van der Waals surface area contributed by atoms with Crippen molar-refractivity contribution in [1.29, 1.82) is 0 Å². The fourth-order valence-electron chi connectivity index (χ4n) is 4.28. The molecule has 1 unspecified atom stereocenters. The number of amides is 2. The van der Waals surface area contributed by atoms with Gasteiger partial charge in [-0.15, -0.1) is 0 Å². The van der Waals surface area contributed by atoms with Gasteiger partial charge in [0.25, 0.3) is 11.5 Å². The molecule has 1 saturated heterocycles. The highest BCUT2D eigenvalue weighted by Crippen LogP contribution is 2.25. The van der Waals surface area contributed by atoms with Gasteiger partial charge in [0.05, 0.1) is 21.9 Å². The smallest absolute Gasteiger partial charge is 0.329 e. The second kappa shape index (κ2) is 9.99. The van der Waals surface area contributed by atoms with Crippen LogP contribution in [-0.2, 0) is 11.3 Å². The van der Waals surface area contributed by atoms with E-state index in [-0.39, 0.29) is 40.9 Å². The van der Waals surface area contributed by atoms with E-state index < -0.39 is 17.2 Å². The highest BCUT2D eigenvalue weighted by atomic mass is 35.5. The summed E-state index contributed by atoms with van der Waals surface area (Å²) in [5.41, 5.74) is -0.241. The third-order valence-corrected chi connectivity index (χ3v) is 6.39. The molecule has 4 heterocycles. The summed E-state index contributed by atoms with van der Waals surface area (Å²) in [5, 5.41) is 3.32. The van der Waals surface area contributed by atoms with Gasteiger partial charge < -0.3 is 10.2 Å². The molecule has 0 bridgehead atoms. The van der Waals surface area contributed by atoms with E-state index in [9.17, 15) is 19.2 Å². The minimum absolute atomic E-state index is 0.0302. The summed E-state index contributed by atoms with van der Waals surface area (Å²) in [6.07, 6.45) is 2.70. The number of likely N-dealkylation sites (tertiary alicyclic amines) is 1. The SMILES string of the molecule is CCn1c(=O)[nH]c(=O)c2c(C(=O)N3CCCC(C(=O)Nc4ccc(Cl)cn4)C3)cc(C(C)C)nc21. The Morgan fingerprint density at radius 1 is 1.29 bits per heavy atom. The zero-order valence-corrected chi connectivity index (χ0v) is 20.6. The first-order chi connectivity index (χ1) is 16.7. The van der Waals surface area contributed by atoms with E-state index in [0.717, 1.165) is 0 Å². The standard InChI is InChI=1S/C24H27ClN6O4/c1-4-31-20-19(22(33)29-24(31)35)16(10-17(27-20)13(2)3)23(34)30-9-5-6-14(12-30)21(32)28-18-8-7-15(25)11-26-18/h7-8,10-11,13-14H,4-6,9,12H2,1-3H3,(H,26,28,32)(H,29,33,35). The van der Waals surface area contributed by atoms with Crippen LogP contribution in [0.15, 0.2) is 34.0 Å². The third-order valence-electron chi connectivity index (χ3n) is 6.16. The Kier molecular flexibility index (Phi) is 7.02. The number of piperidine rings is 1. The van der Waals surface area contributed by atoms with Crippen molar-refractivity contribution >= 4 is 40.3 Å². The molecule has 11 heteroatoms. The van der Waals surface area contributed by atoms with Crippen LogP contribution in [0.3, 0.4) is 0 Å². The van der Waals surface area contributed by atoms with Crippen LogP contribution in [0.25, 0.3) is 11.0 Å². The van der Waals surface area contributed by atoms with Crippen LogP contribution >= 0.6 is 11.6 Å². The number of H-pyrrole nitrogens is 1. The fraction of sp³-hybridized carbons (Fsp3) is 0.417. The van der Waals surface area contributed by atoms with Gasteiger partial charge in [0, 0.05) is 31.5 Å². The Hall–Kier alpha value is -3.53. The molecule has 0 aliphatic carbocycles. The predicted octanol–water partition coefficient (Wildman–Crippen LogP) is 2.77. The number of hydrogen-bond acceptors (Lipinski definition) is 6. The van der Waals surface area contributed by atoms with Crippen LogP contribution in [0, 0.1) is 5.92 Å². The van der Waals surface area contributed by atoms with Gasteiger partial charge in [0.2, 0.25) is 5.91 Å².